The van der Waals surface area contributed by atoms with Crippen LogP contribution in [-0.2, 0) is 6.42 Å². The van der Waals surface area contributed by atoms with Gasteiger partial charge in [-0.15, -0.1) is 0 Å². The molecule has 11 heavy (non-hydrogen) atoms. The third-order valence-corrected chi connectivity index (χ3v) is 1.66. The normalized spacial score (nSPS) is 9.55. The molecule has 1 rings (SSSR count). The van der Waals surface area contributed by atoms with Crippen LogP contribution in [-0.4, -0.2) is 9.97 Å². The molecule has 0 unspecified atom stereocenters. The number of rotatable bonds is 2. The Kier molecular flexibility index (Phi) is 2.79. The Labute approximate surface area is 75.4 Å². The number of nitrogens with zero attached hydrogens (tertiary/aromatic N) is 1. The topological polar surface area (TPSA) is 38.9 Å². The van der Waals surface area contributed by atoms with Gasteiger partial charge in [-0.25, -0.2) is 0 Å². The molecule has 0 aliphatic rings. The summed E-state index contributed by atoms with van der Waals surface area (Å²) in [5.41, 5.74) is 6.06. The van der Waals surface area contributed by atoms with E-state index < -0.39 is 0 Å². The third-order valence-electron chi connectivity index (χ3n) is 1.18. The average Bonchev–Trinajstić information content (AvgIpc) is 1.93. The lowest BCUT2D eigenvalue weighted by Crippen LogP contribution is -2.12. The lowest BCUT2D eigenvalue weighted by molar-refractivity contribution is 1.14. The molecule has 0 spiro atoms. The van der Waals surface area contributed by atoms with Gasteiger partial charge in [-0.05, 0) is 12.1 Å². The van der Waals surface area contributed by atoms with E-state index in [0.717, 1.165) is 5.69 Å². The number of aromatic nitrogens is 1. The van der Waals surface area contributed by atoms with Gasteiger partial charge < -0.3 is 5.73 Å². The van der Waals surface area contributed by atoms with Crippen molar-refractivity contribution < 1.29 is 0 Å². The highest BCUT2D eigenvalue weighted by Gasteiger charge is 2.00. The summed E-state index contributed by atoms with van der Waals surface area (Å²) in [6.07, 6.45) is 2.13. The van der Waals surface area contributed by atoms with E-state index in [2.05, 4.69) is 4.98 Å². The van der Waals surface area contributed by atoms with E-state index in [-0.39, 0.29) is 0 Å². The Morgan fingerprint density at radius 1 is 1.73 bits per heavy atom. The molecule has 1 aromatic heterocycles. The minimum Gasteiger partial charge on any atom is -0.393 e. The fourth-order valence-corrected chi connectivity index (χ4v) is 1.04. The first-order valence-electron chi connectivity index (χ1n) is 3.08. The predicted molar refractivity (Wildman–Crippen MR) is 49.7 cm³/mol. The van der Waals surface area contributed by atoms with Crippen molar-refractivity contribution in [3.05, 3.63) is 29.0 Å². The summed E-state index contributed by atoms with van der Waals surface area (Å²) >= 11 is 10.5. The maximum Gasteiger partial charge on any atom is 0.0788 e. The van der Waals surface area contributed by atoms with Crippen molar-refractivity contribution in [2.75, 3.05) is 0 Å². The van der Waals surface area contributed by atoms with Crippen LogP contribution in [0.25, 0.3) is 0 Å². The molecule has 2 nitrogen and oxygen atoms in total. The molecule has 1 aromatic rings. The predicted octanol–water partition coefficient (Wildman–Crippen LogP) is 1.56. The highest BCUT2D eigenvalue weighted by molar-refractivity contribution is 7.80. The lowest BCUT2D eigenvalue weighted by Gasteiger charge is -1.99. The molecular weight excluding hydrogens is 180 g/mol. The van der Waals surface area contributed by atoms with Crippen LogP contribution in [0.3, 0.4) is 0 Å². The SMILES string of the molecule is NC(=S)Cc1ncccc1Cl. The van der Waals surface area contributed by atoms with Crippen molar-refractivity contribution in [1.82, 2.24) is 4.98 Å². The van der Waals surface area contributed by atoms with Crippen molar-refractivity contribution in [3.8, 4) is 0 Å². The Hall–Kier alpha value is -0.670. The van der Waals surface area contributed by atoms with Crippen LogP contribution in [0.5, 0.6) is 0 Å². The zero-order valence-electron chi connectivity index (χ0n) is 5.75. The molecule has 0 aromatic carbocycles. The molecular formula is C7H7ClN2S. The first-order chi connectivity index (χ1) is 5.20. The number of pyridine rings is 1. The molecule has 0 aliphatic carbocycles. The second-order valence-electron chi connectivity index (χ2n) is 2.08. The highest BCUT2D eigenvalue weighted by Crippen LogP contribution is 2.12. The molecule has 1 heterocycles. The molecule has 0 bridgehead atoms. The number of hydrogen-bond acceptors (Lipinski definition) is 2. The molecule has 4 heteroatoms. The smallest absolute Gasteiger partial charge is 0.0788 e. The second kappa shape index (κ2) is 3.64. The van der Waals surface area contributed by atoms with E-state index in [1.807, 2.05) is 0 Å². The van der Waals surface area contributed by atoms with Crippen LogP contribution in [0.15, 0.2) is 18.3 Å². The number of hydrogen-bond donors (Lipinski definition) is 1. The summed E-state index contributed by atoms with van der Waals surface area (Å²) in [4.78, 5) is 4.43. The quantitative estimate of drug-likeness (QED) is 0.713. The molecule has 0 fully saturated rings. The summed E-state index contributed by atoms with van der Waals surface area (Å²) in [6, 6.07) is 3.54. The highest BCUT2D eigenvalue weighted by atomic mass is 35.5. The van der Waals surface area contributed by atoms with E-state index in [1.54, 1.807) is 18.3 Å². The minimum atomic E-state index is 0.408. The Bertz CT molecular complexity index is 275. The maximum absolute atomic E-state index is 5.79. The van der Waals surface area contributed by atoms with Crippen LogP contribution in [0.2, 0.25) is 5.02 Å². The van der Waals surface area contributed by atoms with Crippen molar-refractivity contribution >= 4 is 28.8 Å². The second-order valence-corrected chi connectivity index (χ2v) is 3.01. The van der Waals surface area contributed by atoms with Gasteiger partial charge in [0.15, 0.2) is 0 Å². The van der Waals surface area contributed by atoms with Crippen LogP contribution in [0.1, 0.15) is 5.69 Å². The van der Waals surface area contributed by atoms with Gasteiger partial charge in [0.1, 0.15) is 0 Å². The van der Waals surface area contributed by atoms with E-state index in [0.29, 0.717) is 16.4 Å². The van der Waals surface area contributed by atoms with Gasteiger partial charge in [0, 0.05) is 12.6 Å². The van der Waals surface area contributed by atoms with Crippen LogP contribution >= 0.6 is 23.8 Å². The largest absolute Gasteiger partial charge is 0.393 e. The summed E-state index contributed by atoms with van der Waals surface area (Å²) in [5.74, 6) is 0. The number of nitrogens with two attached hydrogens (primary N) is 1. The fraction of sp³-hybridized carbons (Fsp3) is 0.143. The number of thiocarbonyl (C=S) groups is 1. The summed E-state index contributed by atoms with van der Waals surface area (Å²) < 4.78 is 0. The standard InChI is InChI=1S/C7H7ClN2S/c8-5-2-1-3-10-6(5)4-7(9)11/h1-3H,4H2,(H2,9,11). The van der Waals surface area contributed by atoms with Gasteiger partial charge in [0.25, 0.3) is 0 Å². The Morgan fingerprint density at radius 3 is 3.00 bits per heavy atom. The molecule has 0 radical (unpaired) electrons. The third kappa shape index (κ3) is 2.44. The van der Waals surface area contributed by atoms with Crippen molar-refractivity contribution in [3.63, 3.8) is 0 Å². The van der Waals surface area contributed by atoms with Crippen LogP contribution < -0.4 is 5.73 Å². The van der Waals surface area contributed by atoms with Crippen molar-refractivity contribution in [2.24, 2.45) is 5.73 Å². The average molecular weight is 187 g/mol. The summed E-state index contributed by atoms with van der Waals surface area (Å²) in [5, 5.41) is 0.611. The monoisotopic (exact) mass is 186 g/mol. The van der Waals surface area contributed by atoms with E-state index in [4.69, 9.17) is 29.6 Å². The van der Waals surface area contributed by atoms with E-state index >= 15 is 0 Å². The molecule has 58 valence electrons. The summed E-state index contributed by atoms with van der Waals surface area (Å²) in [7, 11) is 0. The van der Waals surface area contributed by atoms with Crippen LogP contribution in [0, 0.1) is 0 Å². The first kappa shape index (κ1) is 8.43. The van der Waals surface area contributed by atoms with Gasteiger partial charge >= 0.3 is 0 Å². The van der Waals surface area contributed by atoms with E-state index in [9.17, 15) is 0 Å². The van der Waals surface area contributed by atoms with E-state index in [1.165, 1.54) is 0 Å². The Morgan fingerprint density at radius 2 is 2.45 bits per heavy atom. The minimum absolute atomic E-state index is 0.408. The van der Waals surface area contributed by atoms with Gasteiger partial charge in [-0.3, -0.25) is 4.98 Å². The van der Waals surface area contributed by atoms with Crippen molar-refractivity contribution in [2.45, 2.75) is 6.42 Å². The van der Waals surface area contributed by atoms with Crippen LogP contribution in [0.4, 0.5) is 0 Å². The molecule has 0 atom stereocenters. The van der Waals surface area contributed by atoms with Gasteiger partial charge in [-0.1, -0.05) is 23.8 Å². The maximum atomic E-state index is 5.79. The summed E-state index contributed by atoms with van der Waals surface area (Å²) in [6.45, 7) is 0. The van der Waals surface area contributed by atoms with Gasteiger partial charge in [0.2, 0.25) is 0 Å². The molecule has 2 N–H and O–H groups in total. The molecule has 0 aliphatic heterocycles. The fourth-order valence-electron chi connectivity index (χ4n) is 0.713. The Balaban J connectivity index is 2.86. The first-order valence-corrected chi connectivity index (χ1v) is 3.86. The zero-order valence-corrected chi connectivity index (χ0v) is 7.32. The van der Waals surface area contributed by atoms with Gasteiger partial charge in [-0.2, -0.15) is 0 Å². The zero-order chi connectivity index (χ0) is 8.27. The molecule has 0 amide bonds. The van der Waals surface area contributed by atoms with Crippen molar-refractivity contribution in [1.29, 1.82) is 0 Å². The molecule has 0 saturated heterocycles. The van der Waals surface area contributed by atoms with Gasteiger partial charge in [0.05, 0.1) is 15.7 Å². The number of halogens is 1. The lowest BCUT2D eigenvalue weighted by atomic mass is 10.3. The molecule has 0 saturated carbocycles.